The lowest BCUT2D eigenvalue weighted by Gasteiger charge is -2.45. The molecule has 1 aliphatic carbocycles. The van der Waals surface area contributed by atoms with Gasteiger partial charge in [-0.25, -0.2) is 9.59 Å². The predicted octanol–water partition coefficient (Wildman–Crippen LogP) is 1.17. The Balaban J connectivity index is 2.13. The van der Waals surface area contributed by atoms with Crippen molar-refractivity contribution in [1.82, 2.24) is 4.90 Å². The highest BCUT2D eigenvalue weighted by molar-refractivity contribution is 5.81. The number of ether oxygens (including phenoxy) is 2. The van der Waals surface area contributed by atoms with Gasteiger partial charge in [0.25, 0.3) is 0 Å². The minimum absolute atomic E-state index is 0.272. The van der Waals surface area contributed by atoms with Gasteiger partial charge in [-0.2, -0.15) is 0 Å². The van der Waals surface area contributed by atoms with E-state index in [9.17, 15) is 14.7 Å². The summed E-state index contributed by atoms with van der Waals surface area (Å²) < 4.78 is 9.84. The van der Waals surface area contributed by atoms with Crippen LogP contribution in [0.4, 0.5) is 4.79 Å². The number of piperidine rings is 1. The molecule has 2 rings (SSSR count). The van der Waals surface area contributed by atoms with E-state index in [1.165, 1.54) is 12.0 Å². The Bertz CT molecular complexity index is 373. The maximum atomic E-state index is 12.1. The van der Waals surface area contributed by atoms with Gasteiger partial charge in [-0.3, -0.25) is 4.90 Å². The fraction of sp³-hybridized carbons (Fsp3) is 0.857. The molecule has 0 spiro atoms. The number of methoxy groups -OCH3 is 1. The fourth-order valence-electron chi connectivity index (χ4n) is 3.41. The Morgan fingerprint density at radius 2 is 2.00 bits per heavy atom. The molecule has 4 atom stereocenters. The van der Waals surface area contributed by atoms with Crippen molar-refractivity contribution in [3.05, 3.63) is 0 Å². The Kier molecular flexibility index (Phi) is 4.86. The van der Waals surface area contributed by atoms with E-state index in [4.69, 9.17) is 9.47 Å². The van der Waals surface area contributed by atoms with E-state index >= 15 is 0 Å². The molecule has 1 saturated carbocycles. The van der Waals surface area contributed by atoms with E-state index in [0.717, 1.165) is 12.8 Å². The number of carbonyl (C=O) groups is 2. The van der Waals surface area contributed by atoms with Gasteiger partial charge in [0.2, 0.25) is 0 Å². The number of rotatable bonds is 2. The number of carbonyl (C=O) groups excluding carboxylic acids is 2. The van der Waals surface area contributed by atoms with Crippen molar-refractivity contribution in [1.29, 1.82) is 0 Å². The molecule has 1 saturated heterocycles. The SMILES string of the molecule is CCOC(=O)C1CC2CC(O)CCC2CN1C(=O)OC. The summed E-state index contributed by atoms with van der Waals surface area (Å²) in [5.41, 5.74) is 0. The highest BCUT2D eigenvalue weighted by atomic mass is 16.6. The Morgan fingerprint density at radius 3 is 2.65 bits per heavy atom. The van der Waals surface area contributed by atoms with Crippen molar-refractivity contribution in [2.24, 2.45) is 11.8 Å². The molecule has 0 aromatic carbocycles. The average molecular weight is 285 g/mol. The molecule has 1 amide bonds. The van der Waals surface area contributed by atoms with Crippen LogP contribution in [-0.4, -0.2) is 54.5 Å². The maximum Gasteiger partial charge on any atom is 0.410 e. The highest BCUT2D eigenvalue weighted by Gasteiger charge is 2.44. The number of fused-ring (bicyclic) bond motifs is 1. The monoisotopic (exact) mass is 285 g/mol. The molecule has 0 radical (unpaired) electrons. The number of esters is 1. The normalized spacial score (nSPS) is 33.2. The van der Waals surface area contributed by atoms with Crippen LogP contribution in [0.15, 0.2) is 0 Å². The van der Waals surface area contributed by atoms with Crippen LogP contribution < -0.4 is 0 Å². The lowest BCUT2D eigenvalue weighted by atomic mass is 9.72. The van der Waals surface area contributed by atoms with Crippen LogP contribution in [0.25, 0.3) is 0 Å². The lowest BCUT2D eigenvalue weighted by molar-refractivity contribution is -0.152. The lowest BCUT2D eigenvalue weighted by Crippen LogP contribution is -2.55. The third-order valence-electron chi connectivity index (χ3n) is 4.41. The Hall–Kier alpha value is -1.30. The number of amides is 1. The van der Waals surface area contributed by atoms with Crippen molar-refractivity contribution in [3.63, 3.8) is 0 Å². The molecule has 2 fully saturated rings. The van der Waals surface area contributed by atoms with Gasteiger partial charge in [0.1, 0.15) is 6.04 Å². The highest BCUT2D eigenvalue weighted by Crippen LogP contribution is 2.39. The van der Waals surface area contributed by atoms with Crippen molar-refractivity contribution < 1.29 is 24.2 Å². The topological polar surface area (TPSA) is 76.1 Å². The quantitative estimate of drug-likeness (QED) is 0.771. The van der Waals surface area contributed by atoms with Crippen LogP contribution in [0.3, 0.4) is 0 Å². The van der Waals surface area contributed by atoms with Crippen LogP contribution in [0.1, 0.15) is 32.6 Å². The summed E-state index contributed by atoms with van der Waals surface area (Å²) >= 11 is 0. The molecule has 114 valence electrons. The molecule has 1 aliphatic heterocycles. The molecular weight excluding hydrogens is 262 g/mol. The Labute approximate surface area is 119 Å². The van der Waals surface area contributed by atoms with Gasteiger partial charge in [-0.15, -0.1) is 0 Å². The molecule has 6 heteroatoms. The van der Waals surface area contributed by atoms with Gasteiger partial charge >= 0.3 is 12.1 Å². The molecule has 0 aromatic rings. The van der Waals surface area contributed by atoms with Crippen molar-refractivity contribution in [3.8, 4) is 0 Å². The minimum Gasteiger partial charge on any atom is -0.464 e. The number of aliphatic hydroxyl groups excluding tert-OH is 1. The summed E-state index contributed by atoms with van der Waals surface area (Å²) in [5, 5.41) is 9.78. The average Bonchev–Trinajstić information content (AvgIpc) is 2.45. The number of hydrogen-bond acceptors (Lipinski definition) is 5. The molecule has 6 nitrogen and oxygen atoms in total. The fourth-order valence-corrected chi connectivity index (χ4v) is 3.41. The van der Waals surface area contributed by atoms with Gasteiger partial charge in [0, 0.05) is 6.54 Å². The summed E-state index contributed by atoms with van der Waals surface area (Å²) in [6.07, 6.45) is 2.14. The molecule has 1 N–H and O–H groups in total. The molecule has 20 heavy (non-hydrogen) atoms. The van der Waals surface area contributed by atoms with E-state index in [1.54, 1.807) is 6.92 Å². The third kappa shape index (κ3) is 3.06. The molecular formula is C14H23NO5. The van der Waals surface area contributed by atoms with Gasteiger partial charge in [-0.1, -0.05) is 0 Å². The first-order valence-corrected chi connectivity index (χ1v) is 7.26. The summed E-state index contributed by atoms with van der Waals surface area (Å²) in [4.78, 5) is 25.4. The summed E-state index contributed by atoms with van der Waals surface area (Å²) in [6, 6.07) is -0.589. The Morgan fingerprint density at radius 1 is 1.25 bits per heavy atom. The van der Waals surface area contributed by atoms with E-state index in [2.05, 4.69) is 0 Å². The third-order valence-corrected chi connectivity index (χ3v) is 4.41. The van der Waals surface area contributed by atoms with Crippen molar-refractivity contribution in [2.45, 2.75) is 44.8 Å². The molecule has 4 unspecified atom stereocenters. The first-order valence-electron chi connectivity index (χ1n) is 7.26. The number of aliphatic hydroxyl groups is 1. The molecule has 1 heterocycles. The van der Waals surface area contributed by atoms with E-state index < -0.39 is 12.1 Å². The van der Waals surface area contributed by atoms with Crippen molar-refractivity contribution >= 4 is 12.1 Å². The standard InChI is InChI=1S/C14H23NO5/c1-3-20-13(17)12-7-10-6-11(16)5-4-9(10)8-15(12)14(18)19-2/h9-12,16H,3-8H2,1-2H3. The molecule has 2 aliphatic rings. The maximum absolute atomic E-state index is 12.1. The first kappa shape index (κ1) is 15.1. The van der Waals surface area contributed by atoms with Gasteiger partial charge < -0.3 is 14.6 Å². The van der Waals surface area contributed by atoms with Crippen molar-refractivity contribution in [2.75, 3.05) is 20.3 Å². The van der Waals surface area contributed by atoms with Gasteiger partial charge in [0.05, 0.1) is 19.8 Å². The van der Waals surface area contributed by atoms with Gasteiger partial charge in [0.15, 0.2) is 0 Å². The first-order chi connectivity index (χ1) is 9.56. The summed E-state index contributed by atoms with van der Waals surface area (Å²) in [5.74, 6) is 0.230. The zero-order valence-electron chi connectivity index (χ0n) is 12.1. The van der Waals surface area contributed by atoms with Gasteiger partial charge in [-0.05, 0) is 44.4 Å². The summed E-state index contributed by atoms with van der Waals surface area (Å²) in [7, 11) is 1.32. The van der Waals surface area contributed by atoms with E-state index in [1.807, 2.05) is 0 Å². The number of hydrogen-bond donors (Lipinski definition) is 1. The molecule has 0 bridgehead atoms. The van der Waals surface area contributed by atoms with Crippen LogP contribution in [-0.2, 0) is 14.3 Å². The summed E-state index contributed by atoms with van der Waals surface area (Å²) in [6.45, 7) is 2.55. The van der Waals surface area contributed by atoms with Crippen LogP contribution in [0.5, 0.6) is 0 Å². The van der Waals surface area contributed by atoms with Crippen LogP contribution in [0, 0.1) is 11.8 Å². The zero-order chi connectivity index (χ0) is 14.7. The largest absolute Gasteiger partial charge is 0.464 e. The van der Waals surface area contributed by atoms with Crippen LogP contribution in [0.2, 0.25) is 0 Å². The second-order valence-electron chi connectivity index (χ2n) is 5.61. The van der Waals surface area contributed by atoms with E-state index in [0.29, 0.717) is 31.9 Å². The number of nitrogens with zero attached hydrogens (tertiary/aromatic N) is 1. The molecule has 0 aromatic heterocycles. The smallest absolute Gasteiger partial charge is 0.410 e. The number of likely N-dealkylation sites (tertiary alicyclic amines) is 1. The predicted molar refractivity (Wildman–Crippen MR) is 71.0 cm³/mol. The van der Waals surface area contributed by atoms with Crippen LogP contribution >= 0.6 is 0 Å². The van der Waals surface area contributed by atoms with E-state index in [-0.39, 0.29) is 18.0 Å². The second-order valence-corrected chi connectivity index (χ2v) is 5.61. The second kappa shape index (κ2) is 6.43. The minimum atomic E-state index is -0.589. The zero-order valence-corrected chi connectivity index (χ0v) is 12.1.